The van der Waals surface area contributed by atoms with Gasteiger partial charge in [-0.15, -0.1) is 0 Å². The molecule has 0 spiro atoms. The number of oxazole rings is 1. The molecule has 1 amide bonds. The number of amides is 1. The van der Waals surface area contributed by atoms with Gasteiger partial charge in [0.05, 0.1) is 5.69 Å². The summed E-state index contributed by atoms with van der Waals surface area (Å²) >= 11 is 1.39. The number of carbonyl (C=O) groups excluding carboxylic acids is 1. The lowest BCUT2D eigenvalue weighted by Gasteiger charge is -2.32. The van der Waals surface area contributed by atoms with Crippen molar-refractivity contribution in [3.8, 4) is 5.19 Å². The summed E-state index contributed by atoms with van der Waals surface area (Å²) in [6.45, 7) is 4.72. The summed E-state index contributed by atoms with van der Waals surface area (Å²) in [5, 5.41) is 3.54. The molecule has 1 N–H and O–H groups in total. The van der Waals surface area contributed by atoms with Gasteiger partial charge in [0.2, 0.25) is 0 Å². The number of hydrogen-bond acceptors (Lipinski definition) is 7. The minimum Gasteiger partial charge on any atom is -0.464 e. The maximum absolute atomic E-state index is 13.1. The fraction of sp³-hybridized carbons (Fsp3) is 0.577. The van der Waals surface area contributed by atoms with E-state index in [0.717, 1.165) is 81.2 Å². The Labute approximate surface area is 213 Å². The zero-order chi connectivity index (χ0) is 25.3. The monoisotopic (exact) mass is 518 g/mol. The molecule has 0 atom stereocenters. The molecular weight excluding hydrogens is 486 g/mol. The number of aryl methyl sites for hydroxylation is 1. The van der Waals surface area contributed by atoms with E-state index in [0.29, 0.717) is 28.1 Å². The molecule has 0 radical (unpaired) electrons. The van der Waals surface area contributed by atoms with Crippen LogP contribution in [0.3, 0.4) is 0 Å². The van der Waals surface area contributed by atoms with Crippen LogP contribution in [0.4, 0.5) is 8.78 Å². The molecule has 0 bridgehead atoms. The highest BCUT2D eigenvalue weighted by Crippen LogP contribution is 2.32. The number of aromatic nitrogens is 2. The molecular formula is C26H32F2N4O3S. The van der Waals surface area contributed by atoms with E-state index in [-0.39, 0.29) is 11.9 Å². The molecule has 2 aliphatic rings. The summed E-state index contributed by atoms with van der Waals surface area (Å²) < 4.78 is 36.9. The van der Waals surface area contributed by atoms with Crippen LogP contribution in [-0.4, -0.2) is 52.4 Å². The smallest absolute Gasteiger partial charge is 0.278 e. The molecule has 2 aromatic heterocycles. The second-order valence-corrected chi connectivity index (χ2v) is 11.2. The Morgan fingerprint density at radius 2 is 2.08 bits per heavy atom. The number of rotatable bonds is 8. The Kier molecular flexibility index (Phi) is 7.25. The molecule has 3 heterocycles. The van der Waals surface area contributed by atoms with Crippen LogP contribution in [0, 0.1) is 12.8 Å². The largest absolute Gasteiger partial charge is 0.464 e. The topological polar surface area (TPSA) is 80.5 Å². The van der Waals surface area contributed by atoms with Crippen molar-refractivity contribution in [1.82, 2.24) is 20.2 Å². The summed E-state index contributed by atoms with van der Waals surface area (Å²) in [6, 6.07) is 5.58. The van der Waals surface area contributed by atoms with Crippen molar-refractivity contribution in [2.45, 2.75) is 70.9 Å². The Balaban J connectivity index is 1.04. The number of nitrogens with zero attached hydrogens (tertiary/aromatic N) is 3. The molecule has 5 rings (SSSR count). The van der Waals surface area contributed by atoms with Gasteiger partial charge in [0.1, 0.15) is 5.52 Å². The van der Waals surface area contributed by atoms with E-state index >= 15 is 0 Å². The lowest BCUT2D eigenvalue weighted by Crippen LogP contribution is -2.38. The van der Waals surface area contributed by atoms with Gasteiger partial charge in [-0.3, -0.25) is 9.69 Å². The third-order valence-corrected chi connectivity index (χ3v) is 8.10. The zero-order valence-corrected chi connectivity index (χ0v) is 21.5. The normalized spacial score (nSPS) is 20.9. The number of hydrogen-bond donors (Lipinski definition) is 1. The predicted octanol–water partition coefficient (Wildman–Crippen LogP) is 5.36. The highest BCUT2D eigenvalue weighted by atomic mass is 32.1. The molecule has 1 fully saturated rings. The molecule has 0 saturated heterocycles. The van der Waals surface area contributed by atoms with E-state index in [1.165, 1.54) is 11.3 Å². The minimum absolute atomic E-state index is 0.0622. The van der Waals surface area contributed by atoms with Gasteiger partial charge in [0.15, 0.2) is 18.1 Å². The Bertz CT molecular complexity index is 1210. The van der Waals surface area contributed by atoms with Crippen LogP contribution in [0.5, 0.6) is 5.19 Å². The molecule has 3 aromatic rings. The third-order valence-electron chi connectivity index (χ3n) is 7.03. The number of nitrogens with one attached hydrogen (secondary N) is 1. The third kappa shape index (κ3) is 6.21. The SMILES string of the molecule is Cc1nc2ccc(C(=O)N[C@H]3CC[C@H](CCN4CCc5sc(OCC(C)(F)F)nc5C4)CC3)cc2o1. The number of halogens is 2. The van der Waals surface area contributed by atoms with E-state index in [2.05, 4.69) is 20.2 Å². The second kappa shape index (κ2) is 10.4. The first-order valence-corrected chi connectivity index (χ1v) is 13.4. The Morgan fingerprint density at radius 1 is 1.28 bits per heavy atom. The van der Waals surface area contributed by atoms with E-state index in [9.17, 15) is 13.6 Å². The fourth-order valence-corrected chi connectivity index (χ4v) is 5.99. The van der Waals surface area contributed by atoms with Gasteiger partial charge in [-0.25, -0.2) is 18.7 Å². The average molecular weight is 519 g/mol. The molecule has 10 heteroatoms. The van der Waals surface area contributed by atoms with E-state index in [1.54, 1.807) is 19.1 Å². The number of ether oxygens (including phenoxy) is 1. The average Bonchev–Trinajstić information content (AvgIpc) is 3.42. The highest BCUT2D eigenvalue weighted by Gasteiger charge is 2.27. The van der Waals surface area contributed by atoms with Crippen LogP contribution in [0.25, 0.3) is 11.1 Å². The summed E-state index contributed by atoms with van der Waals surface area (Å²) in [5.41, 5.74) is 2.96. The van der Waals surface area contributed by atoms with Crippen LogP contribution in [0.2, 0.25) is 0 Å². The molecule has 1 aliphatic heterocycles. The van der Waals surface area contributed by atoms with Gasteiger partial charge in [-0.2, -0.15) is 0 Å². The molecule has 36 heavy (non-hydrogen) atoms. The quantitative estimate of drug-likeness (QED) is 0.432. The maximum Gasteiger partial charge on any atom is 0.278 e. The first-order valence-electron chi connectivity index (χ1n) is 12.6. The molecule has 1 saturated carbocycles. The predicted molar refractivity (Wildman–Crippen MR) is 134 cm³/mol. The Morgan fingerprint density at radius 3 is 2.86 bits per heavy atom. The van der Waals surface area contributed by atoms with Crippen LogP contribution in [-0.2, 0) is 13.0 Å². The number of thiazole rings is 1. The molecule has 0 unspecified atom stereocenters. The van der Waals surface area contributed by atoms with Crippen LogP contribution >= 0.6 is 11.3 Å². The molecule has 194 valence electrons. The van der Waals surface area contributed by atoms with E-state index < -0.39 is 12.5 Å². The van der Waals surface area contributed by atoms with E-state index in [4.69, 9.17) is 9.15 Å². The van der Waals surface area contributed by atoms with Gasteiger partial charge in [-0.1, -0.05) is 11.3 Å². The first kappa shape index (κ1) is 25.1. The fourth-order valence-electron chi connectivity index (χ4n) is 5.08. The van der Waals surface area contributed by atoms with E-state index in [1.807, 2.05) is 6.07 Å². The number of fused-ring (bicyclic) bond motifs is 2. The van der Waals surface area contributed by atoms with Crippen molar-refractivity contribution in [2.75, 3.05) is 19.7 Å². The number of carbonyl (C=O) groups is 1. The molecule has 1 aromatic carbocycles. The lowest BCUT2D eigenvalue weighted by atomic mass is 9.84. The highest BCUT2D eigenvalue weighted by molar-refractivity contribution is 7.13. The van der Waals surface area contributed by atoms with Crippen molar-refractivity contribution in [3.63, 3.8) is 0 Å². The van der Waals surface area contributed by atoms with Crippen molar-refractivity contribution in [1.29, 1.82) is 0 Å². The summed E-state index contributed by atoms with van der Waals surface area (Å²) in [5.74, 6) is -1.68. The molecule has 1 aliphatic carbocycles. The summed E-state index contributed by atoms with van der Waals surface area (Å²) in [7, 11) is 0. The van der Waals surface area contributed by atoms with Gasteiger partial charge < -0.3 is 14.5 Å². The van der Waals surface area contributed by atoms with Crippen molar-refractivity contribution in [3.05, 3.63) is 40.2 Å². The lowest BCUT2D eigenvalue weighted by molar-refractivity contribution is -0.0230. The summed E-state index contributed by atoms with van der Waals surface area (Å²) in [6.07, 6.45) is 6.18. The maximum atomic E-state index is 13.1. The standard InChI is InChI=1S/C26H32F2N4O3S/c1-16-29-20-8-5-18(13-22(20)35-16)24(33)30-19-6-3-17(4-7-19)9-11-32-12-10-23-21(14-32)31-25(36-23)34-15-26(2,27)28/h5,8,13,17,19H,3-4,6-7,9-12,14-15H2,1-2H3,(H,30,33)/t17-,19-. The van der Waals surface area contributed by atoms with Crippen molar-refractivity contribution < 1.29 is 22.7 Å². The number of benzene rings is 1. The molecule has 7 nitrogen and oxygen atoms in total. The van der Waals surface area contributed by atoms with Crippen molar-refractivity contribution in [2.24, 2.45) is 5.92 Å². The van der Waals surface area contributed by atoms with Gasteiger partial charge in [0.25, 0.3) is 17.0 Å². The zero-order valence-electron chi connectivity index (χ0n) is 20.7. The second-order valence-electron chi connectivity index (χ2n) is 10.1. The van der Waals surface area contributed by atoms with Gasteiger partial charge >= 0.3 is 0 Å². The first-order chi connectivity index (χ1) is 17.2. The van der Waals surface area contributed by atoms with Crippen LogP contribution < -0.4 is 10.1 Å². The minimum atomic E-state index is -2.86. The van der Waals surface area contributed by atoms with Crippen molar-refractivity contribution >= 4 is 28.3 Å². The van der Waals surface area contributed by atoms with Gasteiger partial charge in [-0.05, 0) is 69.2 Å². The number of alkyl halides is 2. The Hall–Kier alpha value is -2.59. The summed E-state index contributed by atoms with van der Waals surface area (Å²) in [4.78, 5) is 25.0. The van der Waals surface area contributed by atoms with Crippen LogP contribution in [0.15, 0.2) is 22.6 Å². The van der Waals surface area contributed by atoms with Crippen LogP contribution in [0.1, 0.15) is 65.8 Å². The van der Waals surface area contributed by atoms with Gasteiger partial charge in [0, 0.05) is 43.4 Å².